The molecule has 2 aliphatic heterocycles. The Bertz CT molecular complexity index is 827. The maximum absolute atomic E-state index is 12.9. The molecule has 2 aromatic rings. The van der Waals surface area contributed by atoms with Gasteiger partial charge in [0.2, 0.25) is 0 Å². The fourth-order valence-corrected chi connectivity index (χ4v) is 3.73. The van der Waals surface area contributed by atoms with Gasteiger partial charge in [-0.25, -0.2) is 0 Å². The van der Waals surface area contributed by atoms with E-state index < -0.39 is 0 Å². The van der Waals surface area contributed by atoms with Gasteiger partial charge < -0.3 is 14.4 Å². The Morgan fingerprint density at radius 1 is 1.20 bits per heavy atom. The molecular weight excluding hydrogens is 314 g/mol. The zero-order valence-corrected chi connectivity index (χ0v) is 15.0. The summed E-state index contributed by atoms with van der Waals surface area (Å²) in [6.07, 6.45) is 1.85. The molecule has 130 valence electrons. The van der Waals surface area contributed by atoms with Crippen LogP contribution in [0.15, 0.2) is 36.4 Å². The summed E-state index contributed by atoms with van der Waals surface area (Å²) in [5.41, 5.74) is 3.72. The number of benzene rings is 2. The normalized spacial score (nSPS) is 17.7. The molecule has 0 saturated heterocycles. The van der Waals surface area contributed by atoms with Crippen molar-refractivity contribution >= 4 is 5.91 Å². The van der Waals surface area contributed by atoms with Crippen molar-refractivity contribution in [2.24, 2.45) is 0 Å². The average molecular weight is 337 g/mol. The van der Waals surface area contributed by atoms with Crippen LogP contribution >= 0.6 is 0 Å². The van der Waals surface area contributed by atoms with Gasteiger partial charge in [-0.2, -0.15) is 0 Å². The molecule has 0 radical (unpaired) electrons. The molecule has 4 rings (SSSR count). The maximum Gasteiger partial charge on any atom is 0.255 e. The van der Waals surface area contributed by atoms with E-state index in [1.54, 1.807) is 7.11 Å². The van der Waals surface area contributed by atoms with Crippen molar-refractivity contribution in [2.45, 2.75) is 45.4 Å². The monoisotopic (exact) mass is 337 g/mol. The fraction of sp³-hybridized carbons (Fsp3) is 0.381. The summed E-state index contributed by atoms with van der Waals surface area (Å²) in [7, 11) is 1.66. The Kier molecular flexibility index (Phi) is 3.71. The predicted molar refractivity (Wildman–Crippen MR) is 96.0 cm³/mol. The third-order valence-electron chi connectivity index (χ3n) is 5.10. The lowest BCUT2D eigenvalue weighted by atomic mass is 9.91. The third-order valence-corrected chi connectivity index (χ3v) is 5.10. The summed E-state index contributed by atoms with van der Waals surface area (Å²) < 4.78 is 11.8. The number of hydrogen-bond donors (Lipinski definition) is 0. The highest BCUT2D eigenvalue weighted by Gasteiger charge is 2.37. The second-order valence-corrected chi connectivity index (χ2v) is 7.42. The Balaban J connectivity index is 1.73. The van der Waals surface area contributed by atoms with Gasteiger partial charge in [0, 0.05) is 17.7 Å². The molecule has 0 atom stereocenters. The van der Waals surface area contributed by atoms with Crippen LogP contribution in [0.3, 0.4) is 0 Å². The number of rotatable bonds is 3. The zero-order chi connectivity index (χ0) is 17.6. The lowest BCUT2D eigenvalue weighted by Crippen LogP contribution is -2.33. The van der Waals surface area contributed by atoms with Crippen molar-refractivity contribution in [3.63, 3.8) is 0 Å². The quantitative estimate of drug-likeness (QED) is 0.851. The Morgan fingerprint density at radius 3 is 2.68 bits per heavy atom. The molecule has 0 N–H and O–H groups in total. The molecule has 25 heavy (non-hydrogen) atoms. The molecule has 2 heterocycles. The molecule has 0 aromatic heterocycles. The number of fused-ring (bicyclic) bond motifs is 3. The van der Waals surface area contributed by atoms with Crippen LogP contribution in [0.25, 0.3) is 0 Å². The number of amides is 1. The summed E-state index contributed by atoms with van der Waals surface area (Å²) in [4.78, 5) is 14.8. The van der Waals surface area contributed by atoms with E-state index in [4.69, 9.17) is 9.47 Å². The summed E-state index contributed by atoms with van der Waals surface area (Å²) >= 11 is 0. The average Bonchev–Trinajstić information content (AvgIpc) is 2.90. The minimum absolute atomic E-state index is 0.0481. The Morgan fingerprint density at radius 2 is 1.96 bits per heavy atom. The maximum atomic E-state index is 12.9. The van der Waals surface area contributed by atoms with E-state index in [-0.39, 0.29) is 11.5 Å². The van der Waals surface area contributed by atoms with Gasteiger partial charge >= 0.3 is 0 Å². The summed E-state index contributed by atoms with van der Waals surface area (Å²) in [6, 6.07) is 12.0. The Labute approximate surface area is 148 Å². The van der Waals surface area contributed by atoms with Crippen molar-refractivity contribution in [1.82, 2.24) is 4.90 Å². The van der Waals surface area contributed by atoms with E-state index in [1.165, 1.54) is 0 Å². The molecule has 0 saturated carbocycles. The number of carbonyl (C=O) groups excluding carboxylic acids is 1. The Hall–Kier alpha value is -2.49. The number of methoxy groups -OCH3 is 1. The third kappa shape index (κ3) is 2.76. The van der Waals surface area contributed by atoms with Crippen molar-refractivity contribution in [3.8, 4) is 11.5 Å². The predicted octanol–water partition coefficient (Wildman–Crippen LogP) is 3.95. The standard InChI is InChI=1S/C21H23NO3/c1-21(2)10-9-15-18(24-3)11-16-17(19(15)25-21)13-22(20(16)23)12-14-7-5-4-6-8-14/h4-8,11H,9-10,12-13H2,1-3H3. The van der Waals surface area contributed by atoms with E-state index in [9.17, 15) is 4.79 Å². The summed E-state index contributed by atoms with van der Waals surface area (Å²) in [5.74, 6) is 1.67. The smallest absolute Gasteiger partial charge is 0.255 e. The van der Waals surface area contributed by atoms with E-state index in [2.05, 4.69) is 13.8 Å². The lowest BCUT2D eigenvalue weighted by molar-refractivity contribution is 0.0760. The molecule has 2 aromatic carbocycles. The SMILES string of the molecule is COc1cc2c(c3c1CCC(C)(C)O3)CN(Cc1ccccc1)C2=O. The molecule has 1 amide bonds. The second kappa shape index (κ2) is 5.80. The van der Waals surface area contributed by atoms with Crippen LogP contribution in [0.1, 0.15) is 47.3 Å². The van der Waals surface area contributed by atoms with Crippen molar-refractivity contribution in [2.75, 3.05) is 7.11 Å². The van der Waals surface area contributed by atoms with Gasteiger partial charge in [0.15, 0.2) is 0 Å². The van der Waals surface area contributed by atoms with Gasteiger partial charge in [0.1, 0.15) is 17.1 Å². The summed E-state index contributed by atoms with van der Waals surface area (Å²) in [6.45, 7) is 5.39. The molecule has 4 heteroatoms. The molecule has 0 fully saturated rings. The number of hydrogen-bond acceptors (Lipinski definition) is 3. The van der Waals surface area contributed by atoms with Gasteiger partial charge in [-0.05, 0) is 38.3 Å². The number of ether oxygens (including phenoxy) is 2. The number of carbonyl (C=O) groups is 1. The first-order chi connectivity index (χ1) is 12.0. The molecule has 4 nitrogen and oxygen atoms in total. The van der Waals surface area contributed by atoms with Gasteiger partial charge in [-0.15, -0.1) is 0 Å². The van der Waals surface area contributed by atoms with E-state index in [0.717, 1.165) is 41.0 Å². The van der Waals surface area contributed by atoms with Gasteiger partial charge in [0.05, 0.1) is 19.2 Å². The highest BCUT2D eigenvalue weighted by molar-refractivity contribution is 6.00. The van der Waals surface area contributed by atoms with Crippen LogP contribution in [0.5, 0.6) is 11.5 Å². The lowest BCUT2D eigenvalue weighted by Gasteiger charge is -2.34. The summed E-state index contributed by atoms with van der Waals surface area (Å²) in [5, 5.41) is 0. The van der Waals surface area contributed by atoms with Crippen LogP contribution in [0.4, 0.5) is 0 Å². The number of nitrogens with zero attached hydrogens (tertiary/aromatic N) is 1. The van der Waals surface area contributed by atoms with Crippen LogP contribution < -0.4 is 9.47 Å². The van der Waals surface area contributed by atoms with Crippen LogP contribution in [0.2, 0.25) is 0 Å². The van der Waals surface area contributed by atoms with Crippen LogP contribution in [-0.2, 0) is 19.5 Å². The van der Waals surface area contributed by atoms with Gasteiger partial charge in [-0.3, -0.25) is 4.79 Å². The molecule has 2 aliphatic rings. The first kappa shape index (κ1) is 16.0. The van der Waals surface area contributed by atoms with Crippen molar-refractivity contribution in [3.05, 3.63) is 58.7 Å². The topological polar surface area (TPSA) is 38.8 Å². The molecule has 0 spiro atoms. The molecule has 0 unspecified atom stereocenters. The van der Waals surface area contributed by atoms with E-state index in [1.807, 2.05) is 41.3 Å². The van der Waals surface area contributed by atoms with E-state index in [0.29, 0.717) is 18.7 Å². The van der Waals surface area contributed by atoms with Crippen LogP contribution in [-0.4, -0.2) is 23.5 Å². The van der Waals surface area contributed by atoms with Gasteiger partial charge in [0.25, 0.3) is 5.91 Å². The highest BCUT2D eigenvalue weighted by Crippen LogP contribution is 2.45. The minimum Gasteiger partial charge on any atom is -0.496 e. The molecular formula is C21H23NO3. The second-order valence-electron chi connectivity index (χ2n) is 7.42. The largest absolute Gasteiger partial charge is 0.496 e. The van der Waals surface area contributed by atoms with Crippen molar-refractivity contribution < 1.29 is 14.3 Å². The fourth-order valence-electron chi connectivity index (χ4n) is 3.73. The highest BCUT2D eigenvalue weighted by atomic mass is 16.5. The minimum atomic E-state index is -0.219. The molecule has 0 aliphatic carbocycles. The zero-order valence-electron chi connectivity index (χ0n) is 15.0. The van der Waals surface area contributed by atoms with Gasteiger partial charge in [-0.1, -0.05) is 30.3 Å². The first-order valence-corrected chi connectivity index (χ1v) is 8.73. The van der Waals surface area contributed by atoms with Crippen molar-refractivity contribution in [1.29, 1.82) is 0 Å². The molecule has 0 bridgehead atoms. The van der Waals surface area contributed by atoms with E-state index >= 15 is 0 Å². The van der Waals surface area contributed by atoms with Crippen LogP contribution in [0, 0.1) is 0 Å². The first-order valence-electron chi connectivity index (χ1n) is 8.73.